The van der Waals surface area contributed by atoms with Gasteiger partial charge in [-0.25, -0.2) is 9.97 Å². The summed E-state index contributed by atoms with van der Waals surface area (Å²) in [6.45, 7) is 6.88. The molecule has 0 saturated heterocycles. The summed E-state index contributed by atoms with van der Waals surface area (Å²) >= 11 is 0. The van der Waals surface area contributed by atoms with Crippen LogP contribution in [-0.2, 0) is 17.8 Å². The zero-order valence-corrected chi connectivity index (χ0v) is 18.0. The highest BCUT2D eigenvalue weighted by atomic mass is 16.1. The maximum atomic E-state index is 12.5. The Bertz CT molecular complexity index is 1220. The molecular weight excluding hydrogens is 388 g/mol. The van der Waals surface area contributed by atoms with Crippen molar-refractivity contribution < 1.29 is 4.79 Å². The molecule has 1 amide bonds. The van der Waals surface area contributed by atoms with Crippen LogP contribution in [0.4, 0.5) is 11.5 Å². The van der Waals surface area contributed by atoms with Gasteiger partial charge in [0, 0.05) is 12.2 Å². The Kier molecular flexibility index (Phi) is 5.93. The summed E-state index contributed by atoms with van der Waals surface area (Å²) in [4.78, 5) is 21.5. The third-order valence-corrected chi connectivity index (χ3v) is 5.08. The van der Waals surface area contributed by atoms with E-state index >= 15 is 0 Å². The molecule has 0 spiro atoms. The highest BCUT2D eigenvalue weighted by Gasteiger charge is 2.11. The first-order valence-corrected chi connectivity index (χ1v) is 10.4. The third-order valence-electron chi connectivity index (χ3n) is 5.08. The highest BCUT2D eigenvalue weighted by molar-refractivity contribution is 5.92. The Balaban J connectivity index is 1.42. The van der Waals surface area contributed by atoms with Gasteiger partial charge in [-0.2, -0.15) is 5.10 Å². The second kappa shape index (κ2) is 8.95. The van der Waals surface area contributed by atoms with Crippen LogP contribution in [-0.4, -0.2) is 25.7 Å². The van der Waals surface area contributed by atoms with Crippen LogP contribution in [0.2, 0.25) is 0 Å². The molecule has 7 nitrogen and oxygen atoms in total. The van der Waals surface area contributed by atoms with Crippen molar-refractivity contribution in [2.24, 2.45) is 0 Å². The molecule has 0 aliphatic heterocycles. The lowest BCUT2D eigenvalue weighted by atomic mass is 10.1. The average Bonchev–Trinajstić information content (AvgIpc) is 3.16. The highest BCUT2D eigenvalue weighted by Crippen LogP contribution is 2.22. The maximum Gasteiger partial charge on any atom is 0.228 e. The number of nitrogens with one attached hydrogen (secondary N) is 2. The molecule has 0 aliphatic rings. The zero-order valence-electron chi connectivity index (χ0n) is 18.0. The molecular formula is C24H26N6O. The predicted octanol–water partition coefficient (Wildman–Crippen LogP) is 4.51. The Labute approximate surface area is 181 Å². The van der Waals surface area contributed by atoms with Gasteiger partial charge in [-0.15, -0.1) is 0 Å². The topological polar surface area (TPSA) is 84.7 Å². The number of amides is 1. The molecule has 2 N–H and O–H groups in total. The van der Waals surface area contributed by atoms with Crippen LogP contribution in [0.3, 0.4) is 0 Å². The summed E-state index contributed by atoms with van der Waals surface area (Å²) in [6.07, 6.45) is 3.95. The van der Waals surface area contributed by atoms with E-state index in [0.717, 1.165) is 34.4 Å². The van der Waals surface area contributed by atoms with Crippen molar-refractivity contribution in [2.45, 2.75) is 39.8 Å². The number of anilines is 2. The van der Waals surface area contributed by atoms with Gasteiger partial charge in [0.1, 0.15) is 11.3 Å². The number of benzene rings is 2. The average molecular weight is 415 g/mol. The molecule has 158 valence electrons. The lowest BCUT2D eigenvalue weighted by Crippen LogP contribution is -2.15. The molecule has 31 heavy (non-hydrogen) atoms. The van der Waals surface area contributed by atoms with Gasteiger partial charge >= 0.3 is 0 Å². The molecule has 2 heterocycles. The number of rotatable bonds is 7. The van der Waals surface area contributed by atoms with Gasteiger partial charge in [0.15, 0.2) is 0 Å². The molecule has 4 aromatic rings. The summed E-state index contributed by atoms with van der Waals surface area (Å²) in [5, 5.41) is 10.8. The zero-order chi connectivity index (χ0) is 21.8. The summed E-state index contributed by atoms with van der Waals surface area (Å²) in [5.41, 5.74) is 5.36. The van der Waals surface area contributed by atoms with Gasteiger partial charge < -0.3 is 10.6 Å². The van der Waals surface area contributed by atoms with E-state index in [-0.39, 0.29) is 11.9 Å². The number of fused-ring (bicyclic) bond motifs is 1. The van der Waals surface area contributed by atoms with E-state index in [9.17, 15) is 4.79 Å². The fourth-order valence-electron chi connectivity index (χ4n) is 3.48. The van der Waals surface area contributed by atoms with Gasteiger partial charge in [-0.1, -0.05) is 42.0 Å². The number of aromatic nitrogens is 4. The Morgan fingerprint density at radius 1 is 1.16 bits per heavy atom. The maximum absolute atomic E-state index is 12.5. The predicted molar refractivity (Wildman–Crippen MR) is 123 cm³/mol. The molecule has 2 aromatic heterocycles. The molecule has 1 atom stereocenters. The molecule has 0 fully saturated rings. The van der Waals surface area contributed by atoms with Gasteiger partial charge in [-0.05, 0) is 44.0 Å². The largest absolute Gasteiger partial charge is 0.362 e. The third kappa shape index (κ3) is 5.06. The molecule has 0 saturated carbocycles. The molecule has 0 bridgehead atoms. The van der Waals surface area contributed by atoms with E-state index in [2.05, 4.69) is 25.7 Å². The van der Waals surface area contributed by atoms with E-state index in [4.69, 9.17) is 0 Å². The van der Waals surface area contributed by atoms with Gasteiger partial charge in [0.25, 0.3) is 0 Å². The molecule has 0 unspecified atom stereocenters. The molecule has 7 heteroatoms. The van der Waals surface area contributed by atoms with Crippen LogP contribution >= 0.6 is 0 Å². The van der Waals surface area contributed by atoms with E-state index < -0.39 is 0 Å². The second-order valence-electron chi connectivity index (χ2n) is 7.65. The van der Waals surface area contributed by atoms with Gasteiger partial charge in [0.2, 0.25) is 11.6 Å². The van der Waals surface area contributed by atoms with Gasteiger partial charge in [-0.3, -0.25) is 9.48 Å². The van der Waals surface area contributed by atoms with Gasteiger partial charge in [0.05, 0.1) is 24.9 Å². The fourth-order valence-corrected chi connectivity index (χ4v) is 3.48. The monoisotopic (exact) mass is 414 g/mol. The first-order chi connectivity index (χ1) is 15.0. The van der Waals surface area contributed by atoms with Crippen molar-refractivity contribution >= 4 is 28.6 Å². The van der Waals surface area contributed by atoms with E-state index in [1.807, 2.05) is 80.2 Å². The fraction of sp³-hybridized carbons (Fsp3) is 0.250. The minimum absolute atomic E-state index is 0.0198. The molecule has 2 aromatic carbocycles. The van der Waals surface area contributed by atoms with Crippen LogP contribution in [0.25, 0.3) is 11.2 Å². The van der Waals surface area contributed by atoms with Crippen LogP contribution in [0.5, 0.6) is 0 Å². The van der Waals surface area contributed by atoms with Crippen molar-refractivity contribution in [3.05, 3.63) is 77.6 Å². The Morgan fingerprint density at radius 3 is 2.81 bits per heavy atom. The first kappa shape index (κ1) is 20.5. The van der Waals surface area contributed by atoms with E-state index in [1.54, 1.807) is 6.20 Å². The van der Waals surface area contributed by atoms with Crippen LogP contribution < -0.4 is 10.6 Å². The molecule has 0 aliphatic carbocycles. The van der Waals surface area contributed by atoms with Crippen molar-refractivity contribution in [3.8, 4) is 0 Å². The number of carbonyl (C=O) groups is 1. The number of aryl methyl sites for hydroxylation is 2. The Hall–Kier alpha value is -3.74. The minimum atomic E-state index is -0.0359. The summed E-state index contributed by atoms with van der Waals surface area (Å²) < 4.78 is 1.82. The summed E-state index contributed by atoms with van der Waals surface area (Å²) in [6, 6.07) is 15.8. The van der Waals surface area contributed by atoms with Crippen LogP contribution in [0.15, 0.2) is 60.9 Å². The molecule has 0 radical (unpaired) electrons. The smallest absolute Gasteiger partial charge is 0.228 e. The first-order valence-electron chi connectivity index (χ1n) is 10.4. The van der Waals surface area contributed by atoms with Crippen molar-refractivity contribution in [1.29, 1.82) is 0 Å². The second-order valence-corrected chi connectivity index (χ2v) is 7.65. The standard InChI is InChI=1S/C24H26N6O/c1-4-30-15-21-24(29-30)28-22(14-25-21)26-17(3)19-9-6-10-20(13-19)27-23(31)12-18-8-5-7-16(2)11-18/h5-11,13-15,17H,4,12H2,1-3H3,(H,27,31)(H,26,28,29)/t17-/m0/s1. The van der Waals surface area contributed by atoms with E-state index in [1.165, 1.54) is 0 Å². The van der Waals surface area contributed by atoms with E-state index in [0.29, 0.717) is 17.9 Å². The SMILES string of the molecule is CCn1cc2ncc(N[C@@H](C)c3cccc(NC(=O)Cc4cccc(C)c4)c3)nc2n1. The number of nitrogens with zero attached hydrogens (tertiary/aromatic N) is 4. The lowest BCUT2D eigenvalue weighted by molar-refractivity contribution is -0.115. The van der Waals surface area contributed by atoms with Crippen molar-refractivity contribution in [1.82, 2.24) is 19.7 Å². The number of carbonyl (C=O) groups excluding carboxylic acids is 1. The minimum Gasteiger partial charge on any atom is -0.362 e. The lowest BCUT2D eigenvalue weighted by Gasteiger charge is -2.16. The summed E-state index contributed by atoms with van der Waals surface area (Å²) in [7, 11) is 0. The van der Waals surface area contributed by atoms with Crippen molar-refractivity contribution in [3.63, 3.8) is 0 Å². The summed E-state index contributed by atoms with van der Waals surface area (Å²) in [5.74, 6) is 0.626. The van der Waals surface area contributed by atoms with Crippen LogP contribution in [0.1, 0.15) is 36.6 Å². The molecule has 4 rings (SSSR count). The van der Waals surface area contributed by atoms with Crippen LogP contribution in [0, 0.1) is 6.92 Å². The number of hydrogen-bond acceptors (Lipinski definition) is 5. The quantitative estimate of drug-likeness (QED) is 0.465. The van der Waals surface area contributed by atoms with Crippen molar-refractivity contribution in [2.75, 3.05) is 10.6 Å². The Morgan fingerprint density at radius 2 is 2.00 bits per heavy atom. The number of hydrogen-bond donors (Lipinski definition) is 2. The normalized spacial score (nSPS) is 12.0.